The number of anilines is 2. The fourth-order valence-corrected chi connectivity index (χ4v) is 5.24. The van der Waals surface area contributed by atoms with Gasteiger partial charge in [0, 0.05) is 48.1 Å². The SMILES string of the molecule is CCC[C@@H](CCO)Nc1nc(NC(=O)O)nc2cnn(Cc3cnc(C4CCN(C(C)C)CC4)cc3OC)c12. The van der Waals surface area contributed by atoms with Crippen molar-refractivity contribution < 1.29 is 19.7 Å². The molecule has 0 aromatic carbocycles. The molecule has 1 aliphatic rings. The lowest BCUT2D eigenvalue weighted by molar-refractivity contribution is 0.170. The summed E-state index contributed by atoms with van der Waals surface area (Å²) < 4.78 is 7.55. The zero-order chi connectivity index (χ0) is 27.9. The molecular weight excluding hydrogens is 500 g/mol. The molecule has 1 fully saturated rings. The van der Waals surface area contributed by atoms with Gasteiger partial charge in [0.15, 0.2) is 5.82 Å². The maximum atomic E-state index is 11.3. The van der Waals surface area contributed by atoms with Gasteiger partial charge in [-0.25, -0.2) is 9.78 Å². The summed E-state index contributed by atoms with van der Waals surface area (Å²) >= 11 is 0. The lowest BCUT2D eigenvalue weighted by Gasteiger charge is -2.34. The summed E-state index contributed by atoms with van der Waals surface area (Å²) in [6.07, 6.45) is 6.60. The van der Waals surface area contributed by atoms with Crippen LogP contribution in [0.4, 0.5) is 16.6 Å². The van der Waals surface area contributed by atoms with E-state index in [9.17, 15) is 15.0 Å². The molecule has 1 amide bonds. The quantitative estimate of drug-likeness (QED) is 0.266. The number of piperidine rings is 1. The van der Waals surface area contributed by atoms with Crippen molar-refractivity contribution in [3.63, 3.8) is 0 Å². The molecule has 1 saturated heterocycles. The van der Waals surface area contributed by atoms with Gasteiger partial charge in [-0.1, -0.05) is 13.3 Å². The van der Waals surface area contributed by atoms with E-state index in [0.717, 1.165) is 55.8 Å². The highest BCUT2D eigenvalue weighted by molar-refractivity contribution is 5.89. The Hall–Kier alpha value is -3.51. The van der Waals surface area contributed by atoms with Crippen molar-refractivity contribution in [3.8, 4) is 5.75 Å². The number of amides is 1. The topological polar surface area (TPSA) is 151 Å². The van der Waals surface area contributed by atoms with Crippen LogP contribution in [0, 0.1) is 0 Å². The summed E-state index contributed by atoms with van der Waals surface area (Å²) in [6, 6.07) is 2.55. The van der Waals surface area contributed by atoms with Gasteiger partial charge in [-0.05, 0) is 52.6 Å². The molecule has 0 unspecified atom stereocenters. The molecule has 0 aliphatic carbocycles. The Bertz CT molecular complexity index is 1250. The second kappa shape index (κ2) is 13.0. The van der Waals surface area contributed by atoms with Gasteiger partial charge in [-0.3, -0.25) is 15.0 Å². The van der Waals surface area contributed by atoms with E-state index in [4.69, 9.17) is 9.72 Å². The number of likely N-dealkylation sites (tertiary alicyclic amines) is 1. The molecule has 212 valence electrons. The van der Waals surface area contributed by atoms with Crippen LogP contribution in [0.15, 0.2) is 18.5 Å². The first-order valence-electron chi connectivity index (χ1n) is 13.7. The molecule has 4 heterocycles. The van der Waals surface area contributed by atoms with E-state index >= 15 is 0 Å². The van der Waals surface area contributed by atoms with E-state index in [0.29, 0.717) is 41.8 Å². The molecule has 0 spiro atoms. The third kappa shape index (κ3) is 6.93. The van der Waals surface area contributed by atoms with Crippen LogP contribution in [0.2, 0.25) is 0 Å². The van der Waals surface area contributed by atoms with E-state index in [1.807, 2.05) is 12.3 Å². The Kier molecular flexibility index (Phi) is 9.52. The van der Waals surface area contributed by atoms with E-state index < -0.39 is 6.09 Å². The molecule has 0 radical (unpaired) electrons. The Morgan fingerprint density at radius 3 is 2.62 bits per heavy atom. The van der Waals surface area contributed by atoms with E-state index in [1.54, 1.807) is 18.0 Å². The minimum atomic E-state index is -1.25. The van der Waals surface area contributed by atoms with E-state index in [-0.39, 0.29) is 18.6 Å². The first-order valence-corrected chi connectivity index (χ1v) is 13.7. The second-order valence-electron chi connectivity index (χ2n) is 10.3. The van der Waals surface area contributed by atoms with Crippen LogP contribution in [0.3, 0.4) is 0 Å². The van der Waals surface area contributed by atoms with Crippen LogP contribution in [0.25, 0.3) is 11.0 Å². The number of pyridine rings is 1. The van der Waals surface area contributed by atoms with Crippen LogP contribution in [-0.4, -0.2) is 84.8 Å². The number of aliphatic hydroxyl groups excluding tert-OH is 1. The maximum absolute atomic E-state index is 11.3. The normalized spacial score (nSPS) is 15.5. The van der Waals surface area contributed by atoms with Crippen molar-refractivity contribution in [2.75, 3.05) is 37.4 Å². The van der Waals surface area contributed by atoms with Crippen LogP contribution in [0.5, 0.6) is 5.75 Å². The molecule has 4 rings (SSSR count). The second-order valence-corrected chi connectivity index (χ2v) is 10.3. The highest BCUT2D eigenvalue weighted by Crippen LogP contribution is 2.32. The molecule has 12 nitrogen and oxygen atoms in total. The van der Waals surface area contributed by atoms with Crippen molar-refractivity contribution in [2.24, 2.45) is 0 Å². The zero-order valence-electron chi connectivity index (χ0n) is 23.2. The average Bonchev–Trinajstić information content (AvgIpc) is 3.31. The summed E-state index contributed by atoms with van der Waals surface area (Å²) in [5.74, 6) is 1.57. The molecule has 0 saturated carbocycles. The van der Waals surface area contributed by atoms with Crippen molar-refractivity contribution in [2.45, 2.75) is 77.4 Å². The lowest BCUT2D eigenvalue weighted by atomic mass is 9.92. The van der Waals surface area contributed by atoms with Crippen LogP contribution in [-0.2, 0) is 6.54 Å². The fourth-order valence-electron chi connectivity index (χ4n) is 5.24. The maximum Gasteiger partial charge on any atom is 0.411 e. The summed E-state index contributed by atoms with van der Waals surface area (Å²) in [4.78, 5) is 27.4. The number of hydrogen-bond donors (Lipinski definition) is 4. The summed E-state index contributed by atoms with van der Waals surface area (Å²) in [6.45, 7) is 9.07. The lowest BCUT2D eigenvalue weighted by Crippen LogP contribution is -2.38. The predicted octanol–water partition coefficient (Wildman–Crippen LogP) is 3.92. The van der Waals surface area contributed by atoms with Gasteiger partial charge in [0.1, 0.15) is 16.8 Å². The molecule has 12 heteroatoms. The van der Waals surface area contributed by atoms with Crippen molar-refractivity contribution in [1.82, 2.24) is 29.6 Å². The number of methoxy groups -OCH3 is 1. The molecule has 3 aromatic heterocycles. The van der Waals surface area contributed by atoms with Gasteiger partial charge < -0.3 is 25.2 Å². The van der Waals surface area contributed by atoms with E-state index in [2.05, 4.69) is 51.4 Å². The van der Waals surface area contributed by atoms with Gasteiger partial charge in [0.05, 0.1) is 19.9 Å². The van der Waals surface area contributed by atoms with Gasteiger partial charge in [0.25, 0.3) is 0 Å². The number of carboxylic acid groups (broad SMARTS) is 1. The number of nitrogens with one attached hydrogen (secondary N) is 2. The highest BCUT2D eigenvalue weighted by atomic mass is 16.5. The summed E-state index contributed by atoms with van der Waals surface area (Å²) in [5.41, 5.74) is 3.05. The first-order chi connectivity index (χ1) is 18.8. The standard InChI is InChI=1S/C27H40N8O4/c1-5-6-20(9-12-36)30-25-24-22(31-26(32-25)33-27(37)38)15-29-35(24)16-19-14-28-21(13-23(19)39-4)18-7-10-34(11-8-18)17(2)3/h13-15,17-18,20,36H,5-12,16H2,1-4H3,(H,37,38)(H2,30,31,32,33)/t20-/m0/s1. The molecule has 0 bridgehead atoms. The Morgan fingerprint density at radius 1 is 1.21 bits per heavy atom. The number of nitrogens with zero attached hydrogens (tertiary/aromatic N) is 6. The number of fused-ring (bicyclic) bond motifs is 1. The first kappa shape index (κ1) is 28.5. The predicted molar refractivity (Wildman–Crippen MR) is 150 cm³/mol. The van der Waals surface area contributed by atoms with Crippen molar-refractivity contribution >= 4 is 28.9 Å². The molecule has 39 heavy (non-hydrogen) atoms. The molecule has 1 aliphatic heterocycles. The summed E-state index contributed by atoms with van der Waals surface area (Å²) in [5, 5.41) is 28.9. The van der Waals surface area contributed by atoms with Crippen LogP contribution < -0.4 is 15.4 Å². The van der Waals surface area contributed by atoms with E-state index in [1.165, 1.54) is 0 Å². The third-order valence-corrected chi connectivity index (χ3v) is 7.35. The number of carbonyl (C=O) groups is 1. The Labute approximate surface area is 228 Å². The van der Waals surface area contributed by atoms with Crippen LogP contribution >= 0.6 is 0 Å². The largest absolute Gasteiger partial charge is 0.496 e. The molecule has 1 atom stereocenters. The van der Waals surface area contributed by atoms with Gasteiger partial charge in [-0.15, -0.1) is 0 Å². The fraction of sp³-hybridized carbons (Fsp3) is 0.593. The Balaban J connectivity index is 1.63. The van der Waals surface area contributed by atoms with Crippen LogP contribution in [0.1, 0.15) is 70.1 Å². The minimum Gasteiger partial charge on any atom is -0.496 e. The number of hydrogen-bond acceptors (Lipinski definition) is 9. The zero-order valence-corrected chi connectivity index (χ0v) is 23.2. The molecule has 4 N–H and O–H groups in total. The number of aliphatic hydroxyl groups is 1. The Morgan fingerprint density at radius 2 is 1.97 bits per heavy atom. The van der Waals surface area contributed by atoms with Gasteiger partial charge in [0.2, 0.25) is 5.95 Å². The van der Waals surface area contributed by atoms with Gasteiger partial charge >= 0.3 is 6.09 Å². The smallest absolute Gasteiger partial charge is 0.411 e. The number of aromatic nitrogens is 5. The highest BCUT2D eigenvalue weighted by Gasteiger charge is 2.24. The molecular formula is C27H40N8O4. The van der Waals surface area contributed by atoms with Crippen molar-refractivity contribution in [1.29, 1.82) is 0 Å². The summed E-state index contributed by atoms with van der Waals surface area (Å²) in [7, 11) is 1.66. The van der Waals surface area contributed by atoms with Crippen molar-refractivity contribution in [3.05, 3.63) is 29.7 Å². The third-order valence-electron chi connectivity index (χ3n) is 7.35. The minimum absolute atomic E-state index is 0.0249. The molecule has 3 aromatic rings. The monoisotopic (exact) mass is 540 g/mol. The average molecular weight is 541 g/mol. The van der Waals surface area contributed by atoms with Gasteiger partial charge in [-0.2, -0.15) is 10.1 Å². The number of rotatable bonds is 12. The number of ether oxygens (including phenoxy) is 1.